The van der Waals surface area contributed by atoms with E-state index in [1.807, 2.05) is 30.3 Å². The molecule has 0 atom stereocenters. The zero-order valence-electron chi connectivity index (χ0n) is 12.8. The first-order chi connectivity index (χ1) is 10.2. The fourth-order valence-corrected chi connectivity index (χ4v) is 2.60. The van der Waals surface area contributed by atoms with Crippen LogP contribution in [-0.4, -0.2) is 33.8 Å². The Morgan fingerprint density at radius 3 is 2.86 bits per heavy atom. The predicted molar refractivity (Wildman–Crippen MR) is 86.6 cm³/mol. The van der Waals surface area contributed by atoms with Crippen molar-refractivity contribution >= 4 is 17.3 Å². The van der Waals surface area contributed by atoms with Gasteiger partial charge in [-0.25, -0.2) is 9.98 Å². The van der Waals surface area contributed by atoms with E-state index < -0.39 is 0 Å². The quantitative estimate of drug-likeness (QED) is 0.627. The average Bonchev–Trinajstić information content (AvgIpc) is 3.05. The lowest BCUT2D eigenvalue weighted by atomic mass is 10.2. The van der Waals surface area contributed by atoms with Gasteiger partial charge in [0.1, 0.15) is 5.01 Å². The molecule has 0 spiro atoms. The van der Waals surface area contributed by atoms with E-state index >= 15 is 0 Å². The smallest absolute Gasteiger partial charge is 0.191 e. The monoisotopic (exact) mass is 306 g/mol. The first-order valence-electron chi connectivity index (χ1n) is 7.08. The maximum atomic E-state index is 4.55. The SMILES string of the molecule is CCNC(=NCc1ncc(C)s1)NCCc1cnn(C)c1. The summed E-state index contributed by atoms with van der Waals surface area (Å²) in [6.45, 7) is 6.40. The van der Waals surface area contributed by atoms with Crippen LogP contribution >= 0.6 is 11.3 Å². The van der Waals surface area contributed by atoms with Gasteiger partial charge in [0, 0.05) is 37.4 Å². The highest BCUT2D eigenvalue weighted by molar-refractivity contribution is 7.11. The molecule has 0 radical (unpaired) electrons. The Labute approximate surface area is 129 Å². The Morgan fingerprint density at radius 2 is 2.24 bits per heavy atom. The minimum absolute atomic E-state index is 0.612. The number of aliphatic imine (C=N–C) groups is 1. The minimum atomic E-state index is 0.612. The van der Waals surface area contributed by atoms with Crippen molar-refractivity contribution in [2.45, 2.75) is 26.8 Å². The van der Waals surface area contributed by atoms with Crippen LogP contribution in [0, 0.1) is 6.92 Å². The Balaban J connectivity index is 1.83. The second kappa shape index (κ2) is 7.78. The molecule has 0 unspecified atom stereocenters. The highest BCUT2D eigenvalue weighted by Crippen LogP contribution is 2.11. The summed E-state index contributed by atoms with van der Waals surface area (Å²) in [6, 6.07) is 0. The van der Waals surface area contributed by atoms with E-state index in [1.54, 1.807) is 11.3 Å². The van der Waals surface area contributed by atoms with E-state index in [0.29, 0.717) is 6.54 Å². The maximum Gasteiger partial charge on any atom is 0.191 e. The third-order valence-electron chi connectivity index (χ3n) is 2.85. The van der Waals surface area contributed by atoms with Crippen LogP contribution in [0.5, 0.6) is 0 Å². The molecule has 0 saturated heterocycles. The van der Waals surface area contributed by atoms with Gasteiger partial charge in [-0.15, -0.1) is 11.3 Å². The standard InChI is InChI=1S/C14H22N6S/c1-4-15-14(18-9-13-17-7-11(2)21-13)16-6-5-12-8-19-20(3)10-12/h7-8,10H,4-6,9H2,1-3H3,(H2,15,16,18). The molecule has 6 nitrogen and oxygen atoms in total. The van der Waals surface area contributed by atoms with Crippen molar-refractivity contribution in [3.05, 3.63) is 34.0 Å². The fraction of sp³-hybridized carbons (Fsp3) is 0.500. The topological polar surface area (TPSA) is 67.1 Å². The van der Waals surface area contributed by atoms with Gasteiger partial charge >= 0.3 is 0 Å². The van der Waals surface area contributed by atoms with Gasteiger partial charge in [-0.2, -0.15) is 5.10 Å². The number of nitrogens with zero attached hydrogens (tertiary/aromatic N) is 4. The van der Waals surface area contributed by atoms with Gasteiger partial charge in [0.05, 0.1) is 12.7 Å². The van der Waals surface area contributed by atoms with Crippen LogP contribution in [-0.2, 0) is 20.0 Å². The molecular weight excluding hydrogens is 284 g/mol. The number of nitrogens with one attached hydrogen (secondary N) is 2. The third-order valence-corrected chi connectivity index (χ3v) is 3.75. The van der Waals surface area contributed by atoms with E-state index in [1.165, 1.54) is 10.4 Å². The van der Waals surface area contributed by atoms with Crippen LogP contribution in [0.25, 0.3) is 0 Å². The molecule has 0 bridgehead atoms. The molecule has 0 aromatic carbocycles. The Morgan fingerprint density at radius 1 is 1.38 bits per heavy atom. The van der Waals surface area contributed by atoms with Crippen molar-refractivity contribution in [2.75, 3.05) is 13.1 Å². The van der Waals surface area contributed by atoms with E-state index in [0.717, 1.165) is 30.5 Å². The van der Waals surface area contributed by atoms with Crippen molar-refractivity contribution in [1.29, 1.82) is 0 Å². The summed E-state index contributed by atoms with van der Waals surface area (Å²) in [5.74, 6) is 0.828. The van der Waals surface area contributed by atoms with Crippen LogP contribution in [0.3, 0.4) is 0 Å². The molecule has 2 aromatic heterocycles. The summed E-state index contributed by atoms with van der Waals surface area (Å²) in [5, 5.41) is 11.8. The lowest BCUT2D eigenvalue weighted by Gasteiger charge is -2.10. The van der Waals surface area contributed by atoms with Crippen LogP contribution in [0.1, 0.15) is 22.4 Å². The van der Waals surface area contributed by atoms with Crippen molar-refractivity contribution in [2.24, 2.45) is 12.0 Å². The molecule has 2 heterocycles. The summed E-state index contributed by atoms with van der Waals surface area (Å²) in [7, 11) is 1.93. The second-order valence-electron chi connectivity index (χ2n) is 4.76. The highest BCUT2D eigenvalue weighted by Gasteiger charge is 2.01. The molecule has 0 aliphatic rings. The average molecular weight is 306 g/mol. The molecule has 114 valence electrons. The van der Waals surface area contributed by atoms with E-state index in [9.17, 15) is 0 Å². The van der Waals surface area contributed by atoms with Crippen LogP contribution < -0.4 is 10.6 Å². The van der Waals surface area contributed by atoms with E-state index in [4.69, 9.17) is 0 Å². The first-order valence-corrected chi connectivity index (χ1v) is 7.90. The van der Waals surface area contributed by atoms with Gasteiger partial charge in [0.2, 0.25) is 0 Å². The van der Waals surface area contributed by atoms with Gasteiger partial charge < -0.3 is 10.6 Å². The number of guanidine groups is 1. The summed E-state index contributed by atoms with van der Waals surface area (Å²) in [5.41, 5.74) is 1.22. The van der Waals surface area contributed by atoms with E-state index in [-0.39, 0.29) is 0 Å². The second-order valence-corrected chi connectivity index (χ2v) is 6.08. The molecule has 2 aromatic rings. The fourth-order valence-electron chi connectivity index (χ4n) is 1.89. The summed E-state index contributed by atoms with van der Waals surface area (Å²) >= 11 is 1.69. The van der Waals surface area contributed by atoms with Crippen molar-refractivity contribution in [3.63, 3.8) is 0 Å². The zero-order valence-corrected chi connectivity index (χ0v) is 13.6. The minimum Gasteiger partial charge on any atom is -0.357 e. The van der Waals surface area contributed by atoms with Gasteiger partial charge in [0.15, 0.2) is 5.96 Å². The molecule has 2 N–H and O–H groups in total. The highest BCUT2D eigenvalue weighted by atomic mass is 32.1. The molecule has 2 rings (SSSR count). The Kier molecular flexibility index (Phi) is 5.74. The van der Waals surface area contributed by atoms with Crippen molar-refractivity contribution in [1.82, 2.24) is 25.4 Å². The predicted octanol–water partition coefficient (Wildman–Crippen LogP) is 1.48. The van der Waals surface area contributed by atoms with Gasteiger partial charge in [-0.1, -0.05) is 0 Å². The lowest BCUT2D eigenvalue weighted by Crippen LogP contribution is -2.38. The molecule has 0 amide bonds. The lowest BCUT2D eigenvalue weighted by molar-refractivity contribution is 0.765. The number of rotatable bonds is 6. The van der Waals surface area contributed by atoms with Crippen molar-refractivity contribution in [3.8, 4) is 0 Å². The molecule has 0 saturated carbocycles. The number of hydrogen-bond acceptors (Lipinski definition) is 4. The molecule has 0 aliphatic heterocycles. The van der Waals surface area contributed by atoms with Crippen molar-refractivity contribution < 1.29 is 0 Å². The number of aromatic nitrogens is 3. The van der Waals surface area contributed by atoms with E-state index in [2.05, 4.69) is 39.6 Å². The Hall–Kier alpha value is -1.89. The molecule has 21 heavy (non-hydrogen) atoms. The largest absolute Gasteiger partial charge is 0.357 e. The molecule has 0 fully saturated rings. The first kappa shape index (κ1) is 15.5. The van der Waals surface area contributed by atoms with Gasteiger partial charge in [0.25, 0.3) is 0 Å². The Bertz CT molecular complexity index is 586. The van der Waals surface area contributed by atoms with Crippen LogP contribution in [0.2, 0.25) is 0 Å². The number of hydrogen-bond donors (Lipinski definition) is 2. The normalized spacial score (nSPS) is 11.7. The number of thiazole rings is 1. The molecule has 7 heteroatoms. The zero-order chi connectivity index (χ0) is 15.1. The van der Waals surface area contributed by atoms with Crippen LogP contribution in [0.4, 0.5) is 0 Å². The third kappa shape index (κ3) is 5.18. The van der Waals surface area contributed by atoms with Gasteiger partial charge in [-0.05, 0) is 25.8 Å². The molecule has 0 aliphatic carbocycles. The maximum absolute atomic E-state index is 4.55. The summed E-state index contributed by atoms with van der Waals surface area (Å²) in [6.07, 6.45) is 6.74. The van der Waals surface area contributed by atoms with Gasteiger partial charge in [-0.3, -0.25) is 4.68 Å². The number of aryl methyl sites for hydroxylation is 2. The summed E-state index contributed by atoms with van der Waals surface area (Å²) < 4.78 is 1.82. The van der Waals surface area contributed by atoms with Crippen LogP contribution in [0.15, 0.2) is 23.6 Å². The molecular formula is C14H22N6S. The summed E-state index contributed by atoms with van der Waals surface area (Å²) in [4.78, 5) is 10.1.